The molecular formula is C14H12N2S2. The van der Waals surface area contributed by atoms with Crippen molar-refractivity contribution in [2.24, 2.45) is 4.99 Å². The van der Waals surface area contributed by atoms with E-state index < -0.39 is 0 Å². The summed E-state index contributed by atoms with van der Waals surface area (Å²) >= 11 is 3.56. The molecule has 2 aromatic rings. The first-order valence-corrected chi connectivity index (χ1v) is 7.81. The zero-order chi connectivity index (χ0) is 12.4. The Bertz CT molecular complexity index is 634. The third-order valence-electron chi connectivity index (χ3n) is 2.70. The van der Waals surface area contributed by atoms with Gasteiger partial charge in [-0.2, -0.15) is 0 Å². The van der Waals surface area contributed by atoms with Crippen molar-refractivity contribution in [3.05, 3.63) is 47.0 Å². The molecule has 0 radical (unpaired) electrons. The van der Waals surface area contributed by atoms with Crippen LogP contribution in [-0.4, -0.2) is 22.2 Å². The molecule has 2 heterocycles. The van der Waals surface area contributed by atoms with Crippen molar-refractivity contribution < 1.29 is 0 Å². The normalized spacial score (nSPS) is 20.9. The summed E-state index contributed by atoms with van der Waals surface area (Å²) in [4.78, 5) is 9.96. The number of benzene rings is 1. The second kappa shape index (κ2) is 5.16. The Labute approximate surface area is 115 Å². The molecule has 0 bridgehead atoms. The van der Waals surface area contributed by atoms with Gasteiger partial charge in [-0.05, 0) is 36.1 Å². The molecule has 1 aromatic carbocycles. The van der Waals surface area contributed by atoms with Gasteiger partial charge >= 0.3 is 0 Å². The zero-order valence-electron chi connectivity index (χ0n) is 9.91. The molecule has 1 atom stereocenters. The molecule has 0 amide bonds. The molecule has 1 unspecified atom stereocenters. The summed E-state index contributed by atoms with van der Waals surface area (Å²) in [6, 6.07) is 10.4. The van der Waals surface area contributed by atoms with Crippen molar-refractivity contribution in [2.75, 3.05) is 6.26 Å². The van der Waals surface area contributed by atoms with Crippen LogP contribution in [0.1, 0.15) is 5.56 Å². The standard InChI is InChI=1S/C14H12N2S2/c1-17-14-16-9-12(18-14)8-10-4-5-13-11(7-10)3-2-6-15-13/h2-9,14H,1H3/b12-8-. The molecular weight excluding hydrogens is 260 g/mol. The zero-order valence-corrected chi connectivity index (χ0v) is 11.5. The second-order valence-corrected chi connectivity index (χ2v) is 6.31. The Kier molecular flexibility index (Phi) is 3.39. The lowest BCUT2D eigenvalue weighted by Crippen LogP contribution is -1.82. The summed E-state index contributed by atoms with van der Waals surface area (Å²) in [7, 11) is 0. The van der Waals surface area contributed by atoms with E-state index in [1.54, 1.807) is 23.5 Å². The highest BCUT2D eigenvalue weighted by Gasteiger charge is 2.13. The van der Waals surface area contributed by atoms with Gasteiger partial charge in [-0.25, -0.2) is 0 Å². The lowest BCUT2D eigenvalue weighted by molar-refractivity contribution is 1.34. The van der Waals surface area contributed by atoms with Crippen LogP contribution in [0.4, 0.5) is 0 Å². The lowest BCUT2D eigenvalue weighted by Gasteiger charge is -2.01. The van der Waals surface area contributed by atoms with Gasteiger partial charge in [-0.15, -0.1) is 11.8 Å². The Morgan fingerprint density at radius 3 is 3.11 bits per heavy atom. The van der Waals surface area contributed by atoms with Gasteiger partial charge in [-0.3, -0.25) is 9.98 Å². The maximum absolute atomic E-state index is 4.41. The third-order valence-corrected chi connectivity index (χ3v) is 4.91. The number of nitrogens with zero attached hydrogens (tertiary/aromatic N) is 2. The predicted octanol–water partition coefficient (Wildman–Crippen LogP) is 4.04. The van der Waals surface area contributed by atoms with E-state index in [1.807, 2.05) is 18.5 Å². The van der Waals surface area contributed by atoms with Crippen molar-refractivity contribution in [3.63, 3.8) is 0 Å². The van der Waals surface area contributed by atoms with E-state index in [4.69, 9.17) is 0 Å². The van der Waals surface area contributed by atoms with E-state index in [1.165, 1.54) is 15.9 Å². The maximum atomic E-state index is 4.41. The molecule has 0 saturated carbocycles. The van der Waals surface area contributed by atoms with E-state index in [0.717, 1.165) is 5.52 Å². The predicted molar refractivity (Wildman–Crippen MR) is 83.1 cm³/mol. The number of aliphatic imine (C=N–C) groups is 1. The molecule has 2 nitrogen and oxygen atoms in total. The van der Waals surface area contributed by atoms with Crippen LogP contribution in [0.25, 0.3) is 17.0 Å². The number of rotatable bonds is 2. The lowest BCUT2D eigenvalue weighted by atomic mass is 10.1. The number of hydrogen-bond donors (Lipinski definition) is 0. The van der Waals surface area contributed by atoms with Gasteiger partial charge in [0.1, 0.15) is 4.71 Å². The van der Waals surface area contributed by atoms with E-state index in [9.17, 15) is 0 Å². The Morgan fingerprint density at radius 2 is 2.28 bits per heavy atom. The van der Waals surface area contributed by atoms with Crippen LogP contribution < -0.4 is 0 Å². The summed E-state index contributed by atoms with van der Waals surface area (Å²) in [6.45, 7) is 0. The van der Waals surface area contributed by atoms with Gasteiger partial charge < -0.3 is 0 Å². The summed E-state index contributed by atoms with van der Waals surface area (Å²) < 4.78 is 0.318. The third kappa shape index (κ3) is 2.44. The van der Waals surface area contributed by atoms with E-state index >= 15 is 0 Å². The van der Waals surface area contributed by atoms with E-state index in [-0.39, 0.29) is 0 Å². The summed E-state index contributed by atoms with van der Waals surface area (Å²) in [5.41, 5.74) is 2.24. The Morgan fingerprint density at radius 1 is 1.33 bits per heavy atom. The number of fused-ring (bicyclic) bond motifs is 1. The molecule has 18 heavy (non-hydrogen) atoms. The van der Waals surface area contributed by atoms with Crippen LogP contribution in [0.5, 0.6) is 0 Å². The first-order valence-electron chi connectivity index (χ1n) is 5.64. The minimum absolute atomic E-state index is 0.318. The van der Waals surface area contributed by atoms with E-state index in [0.29, 0.717) is 4.71 Å². The van der Waals surface area contributed by atoms with Crippen LogP contribution in [0, 0.1) is 0 Å². The smallest absolute Gasteiger partial charge is 0.145 e. The van der Waals surface area contributed by atoms with Gasteiger partial charge in [0.15, 0.2) is 0 Å². The molecule has 0 aliphatic carbocycles. The Balaban J connectivity index is 1.92. The van der Waals surface area contributed by atoms with Crippen LogP contribution in [0.3, 0.4) is 0 Å². The van der Waals surface area contributed by atoms with Crippen LogP contribution in [-0.2, 0) is 0 Å². The van der Waals surface area contributed by atoms with Crippen molar-refractivity contribution >= 4 is 46.7 Å². The van der Waals surface area contributed by atoms with Crippen molar-refractivity contribution in [3.8, 4) is 0 Å². The molecule has 1 aliphatic heterocycles. The first-order chi connectivity index (χ1) is 8.85. The average molecular weight is 272 g/mol. The number of pyridine rings is 1. The fraction of sp³-hybridized carbons (Fsp3) is 0.143. The summed E-state index contributed by atoms with van der Waals surface area (Å²) in [6.07, 6.45) is 8.04. The molecule has 1 aromatic heterocycles. The number of allylic oxidation sites excluding steroid dienone is 1. The molecule has 0 spiro atoms. The highest BCUT2D eigenvalue weighted by molar-refractivity contribution is 8.19. The van der Waals surface area contributed by atoms with Gasteiger partial charge in [-0.1, -0.05) is 23.9 Å². The van der Waals surface area contributed by atoms with Crippen molar-refractivity contribution in [1.82, 2.24) is 4.98 Å². The molecule has 90 valence electrons. The number of hydrogen-bond acceptors (Lipinski definition) is 4. The first kappa shape index (κ1) is 11.8. The second-order valence-electron chi connectivity index (χ2n) is 3.94. The molecule has 1 aliphatic rings. The fourth-order valence-electron chi connectivity index (χ4n) is 1.84. The monoisotopic (exact) mass is 272 g/mol. The Hall–Kier alpha value is -1.26. The quantitative estimate of drug-likeness (QED) is 0.825. The SMILES string of the molecule is CSC1N=C/C(=C/c2ccc3ncccc3c2)S1. The van der Waals surface area contributed by atoms with Gasteiger partial charge in [0.2, 0.25) is 0 Å². The van der Waals surface area contributed by atoms with Gasteiger partial charge in [0, 0.05) is 22.7 Å². The van der Waals surface area contributed by atoms with E-state index in [2.05, 4.69) is 46.6 Å². The topological polar surface area (TPSA) is 25.2 Å². The minimum Gasteiger partial charge on any atom is -0.266 e. The highest BCUT2D eigenvalue weighted by atomic mass is 32.2. The number of aromatic nitrogens is 1. The molecule has 0 saturated heterocycles. The van der Waals surface area contributed by atoms with Crippen LogP contribution >= 0.6 is 23.5 Å². The largest absolute Gasteiger partial charge is 0.266 e. The molecule has 0 N–H and O–H groups in total. The minimum atomic E-state index is 0.318. The average Bonchev–Trinajstić information content (AvgIpc) is 2.86. The summed E-state index contributed by atoms with van der Waals surface area (Å²) in [5, 5.41) is 1.17. The van der Waals surface area contributed by atoms with Crippen molar-refractivity contribution in [2.45, 2.75) is 4.71 Å². The van der Waals surface area contributed by atoms with Gasteiger partial charge in [0.25, 0.3) is 0 Å². The van der Waals surface area contributed by atoms with Gasteiger partial charge in [0.05, 0.1) is 5.52 Å². The van der Waals surface area contributed by atoms with Crippen molar-refractivity contribution in [1.29, 1.82) is 0 Å². The van der Waals surface area contributed by atoms with Crippen LogP contribution in [0.2, 0.25) is 0 Å². The molecule has 3 rings (SSSR count). The molecule has 4 heteroatoms. The maximum Gasteiger partial charge on any atom is 0.145 e. The molecule has 0 fully saturated rings. The van der Waals surface area contributed by atoms with Crippen LogP contribution in [0.15, 0.2) is 46.4 Å². The number of thioether (sulfide) groups is 2. The fourth-order valence-corrected chi connectivity index (χ4v) is 3.42. The highest BCUT2D eigenvalue weighted by Crippen LogP contribution is 2.34. The summed E-state index contributed by atoms with van der Waals surface area (Å²) in [5.74, 6) is 0.